The van der Waals surface area contributed by atoms with Crippen molar-refractivity contribution in [3.8, 4) is 23.3 Å². The molecule has 45 heavy (non-hydrogen) atoms. The fourth-order valence-corrected chi connectivity index (χ4v) is 4.50. The third kappa shape index (κ3) is 7.00. The van der Waals surface area contributed by atoms with Crippen molar-refractivity contribution in [1.82, 2.24) is 9.61 Å². The fourth-order valence-electron chi connectivity index (χ4n) is 4.50. The highest BCUT2D eigenvalue weighted by atomic mass is 16.5. The molecule has 226 valence electrons. The lowest BCUT2D eigenvalue weighted by molar-refractivity contribution is -0.144. The number of carbonyl (C=O) groups is 3. The summed E-state index contributed by atoms with van der Waals surface area (Å²) in [6.45, 7) is 2.59. The molecule has 2 heterocycles. The van der Waals surface area contributed by atoms with Crippen LogP contribution >= 0.6 is 0 Å². The zero-order valence-corrected chi connectivity index (χ0v) is 24.6. The smallest absolute Gasteiger partial charge is 0.303 e. The molecule has 2 amide bonds. The maximum absolute atomic E-state index is 13.2. The van der Waals surface area contributed by atoms with Crippen LogP contribution in [0.1, 0.15) is 28.4 Å². The molecular formula is C33H28N6O6. The highest BCUT2D eigenvalue weighted by molar-refractivity contribution is 6.06. The van der Waals surface area contributed by atoms with Crippen LogP contribution in [0.5, 0.6) is 17.2 Å². The van der Waals surface area contributed by atoms with Crippen molar-refractivity contribution in [3.05, 3.63) is 102 Å². The SMILES string of the molecule is COc1ccccc1Oc1ccc(Nc2c(C#N)cnn3cc(NC(=O)c4cccc(NC(=O)COC(C)=O)c4)c(C)c23)cc1. The number of hydrogen-bond donors (Lipinski definition) is 3. The molecule has 5 rings (SSSR count). The van der Waals surface area contributed by atoms with Crippen molar-refractivity contribution in [2.45, 2.75) is 13.8 Å². The first kappa shape index (κ1) is 30.1. The predicted molar refractivity (Wildman–Crippen MR) is 167 cm³/mol. The molecular weight excluding hydrogens is 576 g/mol. The van der Waals surface area contributed by atoms with E-state index < -0.39 is 24.4 Å². The minimum absolute atomic E-state index is 0.286. The average molecular weight is 605 g/mol. The van der Waals surface area contributed by atoms with Crippen LogP contribution in [0.15, 0.2) is 85.2 Å². The Morgan fingerprint density at radius 3 is 2.42 bits per heavy atom. The molecule has 12 nitrogen and oxygen atoms in total. The Kier molecular flexibility index (Phi) is 8.91. The van der Waals surface area contributed by atoms with Gasteiger partial charge in [0.05, 0.1) is 42.0 Å². The number of aromatic nitrogens is 2. The minimum Gasteiger partial charge on any atom is -0.493 e. The first-order valence-corrected chi connectivity index (χ1v) is 13.7. The van der Waals surface area contributed by atoms with E-state index in [2.05, 4.69) is 27.1 Å². The summed E-state index contributed by atoms with van der Waals surface area (Å²) >= 11 is 0. The maximum atomic E-state index is 13.2. The van der Waals surface area contributed by atoms with Gasteiger partial charge in [-0.25, -0.2) is 4.52 Å². The molecule has 5 aromatic rings. The minimum atomic E-state index is -0.573. The first-order chi connectivity index (χ1) is 21.7. The monoisotopic (exact) mass is 604 g/mol. The Labute approximate surface area is 258 Å². The van der Waals surface area contributed by atoms with E-state index in [1.165, 1.54) is 19.2 Å². The number of fused-ring (bicyclic) bond motifs is 1. The van der Waals surface area contributed by atoms with Gasteiger partial charge in [-0.05, 0) is 61.5 Å². The zero-order chi connectivity index (χ0) is 31.9. The number of nitriles is 1. The second-order valence-corrected chi connectivity index (χ2v) is 9.77. The fraction of sp³-hybridized carbons (Fsp3) is 0.121. The number of amides is 2. The normalized spacial score (nSPS) is 10.4. The Balaban J connectivity index is 1.35. The van der Waals surface area contributed by atoms with Gasteiger partial charge in [-0.15, -0.1) is 0 Å². The first-order valence-electron chi connectivity index (χ1n) is 13.7. The van der Waals surface area contributed by atoms with Gasteiger partial charge in [-0.2, -0.15) is 10.4 Å². The highest BCUT2D eigenvalue weighted by Gasteiger charge is 2.18. The second-order valence-electron chi connectivity index (χ2n) is 9.77. The quantitative estimate of drug-likeness (QED) is 0.167. The number of esters is 1. The van der Waals surface area contributed by atoms with E-state index in [1.54, 1.807) is 48.2 Å². The third-order valence-electron chi connectivity index (χ3n) is 6.66. The van der Waals surface area contributed by atoms with Gasteiger partial charge in [0.2, 0.25) is 0 Å². The molecule has 12 heteroatoms. The van der Waals surface area contributed by atoms with E-state index in [9.17, 15) is 19.6 Å². The number of nitrogens with zero attached hydrogens (tertiary/aromatic N) is 3. The third-order valence-corrected chi connectivity index (χ3v) is 6.66. The summed E-state index contributed by atoms with van der Waals surface area (Å²) in [5.74, 6) is 0.261. The van der Waals surface area contributed by atoms with Crippen LogP contribution in [0.25, 0.3) is 5.52 Å². The number of ether oxygens (including phenoxy) is 3. The second kappa shape index (κ2) is 13.3. The van der Waals surface area contributed by atoms with Gasteiger partial charge in [0, 0.05) is 29.4 Å². The van der Waals surface area contributed by atoms with E-state index in [-0.39, 0.29) is 5.56 Å². The number of anilines is 4. The topological polar surface area (TPSA) is 156 Å². The lowest BCUT2D eigenvalue weighted by Crippen LogP contribution is -2.20. The van der Waals surface area contributed by atoms with E-state index in [0.717, 1.165) is 0 Å². The lowest BCUT2D eigenvalue weighted by Gasteiger charge is -2.13. The number of methoxy groups -OCH3 is 1. The molecule has 0 radical (unpaired) electrons. The molecule has 0 spiro atoms. The van der Waals surface area contributed by atoms with Crippen LogP contribution in [-0.2, 0) is 14.3 Å². The van der Waals surface area contributed by atoms with Crippen molar-refractivity contribution >= 4 is 46.0 Å². The molecule has 0 fully saturated rings. The summed E-state index contributed by atoms with van der Waals surface area (Å²) in [4.78, 5) is 36.2. The van der Waals surface area contributed by atoms with Crippen molar-refractivity contribution < 1.29 is 28.6 Å². The molecule has 0 aliphatic heterocycles. The number of nitrogens with one attached hydrogen (secondary N) is 3. The van der Waals surface area contributed by atoms with Crippen LogP contribution in [0.2, 0.25) is 0 Å². The molecule has 0 saturated carbocycles. The zero-order valence-electron chi connectivity index (χ0n) is 24.6. The van der Waals surface area contributed by atoms with E-state index in [1.807, 2.05) is 43.3 Å². The largest absolute Gasteiger partial charge is 0.493 e. The summed E-state index contributed by atoms with van der Waals surface area (Å²) in [6, 6.07) is 23.1. The number of para-hydroxylation sites is 2. The molecule has 0 aliphatic carbocycles. The number of carbonyl (C=O) groups excluding carboxylic acids is 3. The number of hydrogen-bond acceptors (Lipinski definition) is 9. The Morgan fingerprint density at radius 1 is 0.956 bits per heavy atom. The van der Waals surface area contributed by atoms with Crippen LogP contribution in [0.3, 0.4) is 0 Å². The molecule has 0 unspecified atom stereocenters. The van der Waals surface area contributed by atoms with E-state index in [0.29, 0.717) is 56.6 Å². The Bertz CT molecular complexity index is 1940. The molecule has 3 N–H and O–H groups in total. The van der Waals surface area contributed by atoms with Crippen molar-refractivity contribution in [3.63, 3.8) is 0 Å². The number of aryl methyl sites for hydroxylation is 1. The molecule has 0 bridgehead atoms. The summed E-state index contributed by atoms with van der Waals surface area (Å²) < 4.78 is 17.6. The van der Waals surface area contributed by atoms with Gasteiger partial charge in [-0.3, -0.25) is 14.4 Å². The summed E-state index contributed by atoms with van der Waals surface area (Å²) in [7, 11) is 1.58. The molecule has 0 saturated heterocycles. The molecule has 0 aliphatic rings. The van der Waals surface area contributed by atoms with Gasteiger partial charge in [-0.1, -0.05) is 18.2 Å². The van der Waals surface area contributed by atoms with Gasteiger partial charge in [0.1, 0.15) is 11.8 Å². The van der Waals surface area contributed by atoms with Crippen LogP contribution < -0.4 is 25.4 Å². The van der Waals surface area contributed by atoms with Gasteiger partial charge in [0.25, 0.3) is 11.8 Å². The summed E-state index contributed by atoms with van der Waals surface area (Å²) in [5, 5.41) is 23.0. The molecule has 2 aromatic heterocycles. The van der Waals surface area contributed by atoms with E-state index >= 15 is 0 Å². The molecule has 0 atom stereocenters. The van der Waals surface area contributed by atoms with Gasteiger partial charge >= 0.3 is 5.97 Å². The lowest BCUT2D eigenvalue weighted by atomic mass is 10.1. The summed E-state index contributed by atoms with van der Waals surface area (Å²) in [5.41, 5.74) is 3.94. The predicted octanol–water partition coefficient (Wildman–Crippen LogP) is 5.81. The van der Waals surface area contributed by atoms with E-state index in [4.69, 9.17) is 14.2 Å². The Hall–Kier alpha value is -6.35. The van der Waals surface area contributed by atoms with Crippen LogP contribution in [0.4, 0.5) is 22.7 Å². The van der Waals surface area contributed by atoms with Gasteiger partial charge < -0.3 is 30.2 Å². The summed E-state index contributed by atoms with van der Waals surface area (Å²) in [6.07, 6.45) is 3.10. The van der Waals surface area contributed by atoms with Crippen LogP contribution in [-0.4, -0.2) is 41.1 Å². The van der Waals surface area contributed by atoms with Crippen molar-refractivity contribution in [2.24, 2.45) is 0 Å². The molecule has 3 aromatic carbocycles. The maximum Gasteiger partial charge on any atom is 0.303 e. The van der Waals surface area contributed by atoms with Crippen LogP contribution in [0, 0.1) is 18.3 Å². The standard InChI is InChI=1S/C33H28N6O6/c1-20-27(38-33(42)22-7-6-8-25(15-22)36-30(41)19-44-21(2)40)18-39-32(20)31(23(16-34)17-35-39)37-24-11-13-26(14-12-24)45-29-10-5-4-9-28(29)43-3/h4-15,17-18,37H,19H2,1-3H3,(H,36,41)(H,38,42). The number of rotatable bonds is 10. The van der Waals surface area contributed by atoms with Gasteiger partial charge in [0.15, 0.2) is 18.1 Å². The highest BCUT2D eigenvalue weighted by Crippen LogP contribution is 2.34. The van der Waals surface area contributed by atoms with Crippen molar-refractivity contribution in [1.29, 1.82) is 5.26 Å². The number of benzene rings is 3. The van der Waals surface area contributed by atoms with Crippen molar-refractivity contribution in [2.75, 3.05) is 29.7 Å². The average Bonchev–Trinajstić information content (AvgIpc) is 3.36. The Morgan fingerprint density at radius 2 is 1.71 bits per heavy atom.